The molecule has 0 aromatic heterocycles. The van der Waals surface area contributed by atoms with Gasteiger partial charge in [0.15, 0.2) is 14.6 Å². The number of benzene rings is 1. The van der Waals surface area contributed by atoms with Gasteiger partial charge >= 0.3 is 0 Å². The summed E-state index contributed by atoms with van der Waals surface area (Å²) in [5, 5.41) is 6.03. The molecular weight excluding hydrogens is 379 g/mol. The van der Waals surface area contributed by atoms with E-state index in [2.05, 4.69) is 10.6 Å². The van der Waals surface area contributed by atoms with E-state index in [9.17, 15) is 17.6 Å². The van der Waals surface area contributed by atoms with Gasteiger partial charge in [-0.2, -0.15) is 0 Å². The van der Waals surface area contributed by atoms with E-state index in [0.717, 1.165) is 31.1 Å². The molecule has 2 N–H and O–H groups in total. The van der Waals surface area contributed by atoms with Crippen LogP contribution in [0.1, 0.15) is 37.7 Å². The number of sulfone groups is 1. The van der Waals surface area contributed by atoms with Gasteiger partial charge in [-0.25, -0.2) is 12.8 Å². The summed E-state index contributed by atoms with van der Waals surface area (Å²) in [7, 11) is -3.52. The Labute approximate surface area is 160 Å². The summed E-state index contributed by atoms with van der Waals surface area (Å²) in [6.45, 7) is 1.43. The van der Waals surface area contributed by atoms with Crippen molar-refractivity contribution in [2.24, 2.45) is 0 Å². The molecule has 26 heavy (non-hydrogen) atoms. The van der Waals surface area contributed by atoms with Crippen molar-refractivity contribution in [2.45, 2.75) is 42.3 Å². The molecule has 1 aromatic carbocycles. The quantitative estimate of drug-likeness (QED) is 0.786. The minimum Gasteiger partial charge on any atom is -0.354 e. The maximum atomic E-state index is 13.2. The standard InChI is InChI=1S/C18H25FN2O3S.ClH/c1-25(23,24)18(9-11-20-12-10-18)16(22)21-13-17(7-2-8-17)14-3-5-15(19)6-4-14;/h3-6,20H,2,7-13H2,1H3,(H,21,22);1H. The molecule has 146 valence electrons. The van der Waals surface area contributed by atoms with Crippen LogP contribution in [-0.2, 0) is 20.0 Å². The third-order valence-corrected chi connectivity index (χ3v) is 7.90. The van der Waals surface area contributed by atoms with Crippen molar-refractivity contribution in [3.63, 3.8) is 0 Å². The van der Waals surface area contributed by atoms with Crippen LogP contribution in [0.15, 0.2) is 24.3 Å². The predicted octanol–water partition coefficient (Wildman–Crippen LogP) is 1.95. The first kappa shape index (κ1) is 21.1. The molecule has 1 amide bonds. The van der Waals surface area contributed by atoms with Crippen LogP contribution in [0.4, 0.5) is 4.39 Å². The first-order chi connectivity index (χ1) is 11.8. The lowest BCUT2D eigenvalue weighted by Crippen LogP contribution is -2.59. The molecule has 0 atom stereocenters. The van der Waals surface area contributed by atoms with Crippen molar-refractivity contribution in [3.8, 4) is 0 Å². The second-order valence-corrected chi connectivity index (χ2v) is 9.67. The van der Waals surface area contributed by atoms with Crippen LogP contribution in [-0.4, -0.2) is 45.0 Å². The molecular formula is C18H26ClFN2O3S. The van der Waals surface area contributed by atoms with Crippen LogP contribution in [0.25, 0.3) is 0 Å². The van der Waals surface area contributed by atoms with Crippen LogP contribution in [0, 0.1) is 5.82 Å². The van der Waals surface area contributed by atoms with Crippen molar-refractivity contribution in [1.29, 1.82) is 0 Å². The molecule has 3 rings (SSSR count). The van der Waals surface area contributed by atoms with E-state index in [-0.39, 0.29) is 23.6 Å². The van der Waals surface area contributed by atoms with Crippen molar-refractivity contribution >= 4 is 28.2 Å². The van der Waals surface area contributed by atoms with Gasteiger partial charge < -0.3 is 10.6 Å². The molecule has 0 bridgehead atoms. The molecule has 1 aromatic rings. The smallest absolute Gasteiger partial charge is 0.241 e. The van der Waals surface area contributed by atoms with Gasteiger partial charge in [0, 0.05) is 18.2 Å². The second-order valence-electron chi connectivity index (χ2n) is 7.34. The summed E-state index contributed by atoms with van der Waals surface area (Å²) in [4.78, 5) is 12.9. The predicted molar refractivity (Wildman–Crippen MR) is 102 cm³/mol. The maximum absolute atomic E-state index is 13.2. The van der Waals surface area contributed by atoms with Crippen LogP contribution < -0.4 is 10.6 Å². The highest BCUT2D eigenvalue weighted by Crippen LogP contribution is 2.43. The fraction of sp³-hybridized carbons (Fsp3) is 0.611. The van der Waals surface area contributed by atoms with Crippen LogP contribution in [0.3, 0.4) is 0 Å². The summed E-state index contributed by atoms with van der Waals surface area (Å²) in [6, 6.07) is 6.39. The van der Waals surface area contributed by atoms with E-state index >= 15 is 0 Å². The number of hydrogen-bond donors (Lipinski definition) is 2. The first-order valence-corrected chi connectivity index (χ1v) is 10.6. The van der Waals surface area contributed by atoms with Crippen LogP contribution in [0.2, 0.25) is 0 Å². The lowest BCUT2D eigenvalue weighted by atomic mass is 9.64. The number of amides is 1. The molecule has 5 nitrogen and oxygen atoms in total. The second kappa shape index (κ2) is 7.82. The Morgan fingerprint density at radius 3 is 2.19 bits per heavy atom. The minimum atomic E-state index is -3.52. The van der Waals surface area contributed by atoms with Gasteiger partial charge in [-0.15, -0.1) is 12.4 Å². The Morgan fingerprint density at radius 1 is 1.15 bits per heavy atom. The molecule has 8 heteroatoms. The number of nitrogens with one attached hydrogen (secondary N) is 2. The van der Waals surface area contributed by atoms with E-state index in [1.54, 1.807) is 12.1 Å². The normalized spacial score (nSPS) is 21.2. The summed E-state index contributed by atoms with van der Waals surface area (Å²) >= 11 is 0. The molecule has 1 saturated carbocycles. The third kappa shape index (κ3) is 3.75. The Morgan fingerprint density at radius 2 is 1.73 bits per heavy atom. The summed E-state index contributed by atoms with van der Waals surface area (Å²) < 4.78 is 36.5. The first-order valence-electron chi connectivity index (χ1n) is 8.74. The molecule has 1 aliphatic carbocycles. The number of carbonyl (C=O) groups is 1. The molecule has 1 aliphatic heterocycles. The van der Waals surface area contributed by atoms with Crippen molar-refractivity contribution in [3.05, 3.63) is 35.6 Å². The van der Waals surface area contributed by atoms with Gasteiger partial charge in [-0.3, -0.25) is 4.79 Å². The Kier molecular flexibility index (Phi) is 6.36. The van der Waals surface area contributed by atoms with E-state index in [0.29, 0.717) is 32.5 Å². The van der Waals surface area contributed by atoms with Gasteiger partial charge in [-0.1, -0.05) is 18.6 Å². The summed E-state index contributed by atoms with van der Waals surface area (Å²) in [5.41, 5.74) is 0.786. The van der Waals surface area contributed by atoms with E-state index in [1.807, 2.05) is 0 Å². The molecule has 2 aliphatic rings. The Hall–Kier alpha value is -1.18. The number of rotatable bonds is 5. The van der Waals surface area contributed by atoms with Crippen molar-refractivity contribution < 1.29 is 17.6 Å². The van der Waals surface area contributed by atoms with E-state index in [1.165, 1.54) is 12.1 Å². The molecule has 1 heterocycles. The van der Waals surface area contributed by atoms with Crippen molar-refractivity contribution in [1.82, 2.24) is 10.6 Å². The Balaban J connectivity index is 0.00000243. The highest BCUT2D eigenvalue weighted by molar-refractivity contribution is 7.92. The number of halogens is 2. The topological polar surface area (TPSA) is 75.3 Å². The SMILES string of the molecule is CS(=O)(=O)C1(C(=O)NCC2(c3ccc(F)cc3)CCC2)CCNCC1.Cl. The van der Waals surface area contributed by atoms with E-state index < -0.39 is 20.5 Å². The van der Waals surface area contributed by atoms with Gasteiger partial charge in [0.05, 0.1) is 0 Å². The Bertz CT molecular complexity index is 742. The van der Waals surface area contributed by atoms with Gasteiger partial charge in [0.25, 0.3) is 0 Å². The minimum absolute atomic E-state index is 0. The fourth-order valence-corrected chi connectivity index (χ4v) is 5.34. The van der Waals surface area contributed by atoms with Gasteiger partial charge in [0.2, 0.25) is 5.91 Å². The lowest BCUT2D eigenvalue weighted by Gasteiger charge is -2.44. The summed E-state index contributed by atoms with van der Waals surface area (Å²) in [6.07, 6.45) is 4.60. The highest BCUT2D eigenvalue weighted by Gasteiger charge is 2.49. The largest absolute Gasteiger partial charge is 0.354 e. The van der Waals surface area contributed by atoms with Crippen molar-refractivity contribution in [2.75, 3.05) is 25.9 Å². The number of carbonyl (C=O) groups excluding carboxylic acids is 1. The molecule has 0 spiro atoms. The zero-order valence-electron chi connectivity index (χ0n) is 14.9. The molecule has 2 fully saturated rings. The van der Waals surface area contributed by atoms with Crippen LogP contribution in [0.5, 0.6) is 0 Å². The molecule has 0 unspecified atom stereocenters. The highest BCUT2D eigenvalue weighted by atomic mass is 35.5. The van der Waals surface area contributed by atoms with E-state index in [4.69, 9.17) is 0 Å². The zero-order chi connectivity index (χ0) is 18.1. The van der Waals surface area contributed by atoms with Gasteiger partial charge in [0.1, 0.15) is 5.82 Å². The average Bonchev–Trinajstić information content (AvgIpc) is 2.54. The number of hydrogen-bond acceptors (Lipinski definition) is 4. The van der Waals surface area contributed by atoms with Crippen LogP contribution >= 0.6 is 12.4 Å². The molecule has 1 saturated heterocycles. The maximum Gasteiger partial charge on any atom is 0.241 e. The fourth-order valence-electron chi connectivity index (χ4n) is 3.98. The monoisotopic (exact) mass is 404 g/mol. The third-order valence-electron chi connectivity index (χ3n) is 5.89. The lowest BCUT2D eigenvalue weighted by molar-refractivity contribution is -0.124. The van der Waals surface area contributed by atoms with Gasteiger partial charge in [-0.05, 0) is 56.5 Å². The number of piperidine rings is 1. The molecule has 0 radical (unpaired) electrons. The zero-order valence-corrected chi connectivity index (χ0v) is 16.5. The summed E-state index contributed by atoms with van der Waals surface area (Å²) in [5.74, 6) is -0.683. The average molecular weight is 405 g/mol.